The number of hydrogen-bond acceptors (Lipinski definition) is 6. The number of anilines is 2. The van der Waals surface area contributed by atoms with Gasteiger partial charge in [-0.1, -0.05) is 38.1 Å². The zero-order valence-electron chi connectivity index (χ0n) is 20.4. The summed E-state index contributed by atoms with van der Waals surface area (Å²) in [6, 6.07) is 25.8. The molecule has 6 rings (SSSR count). The molecule has 6 aromatic rings. The number of fused-ring (bicyclic) bond motifs is 2. The van der Waals surface area contributed by atoms with Crippen molar-refractivity contribution in [2.45, 2.75) is 19.8 Å². The lowest BCUT2D eigenvalue weighted by molar-refractivity contribution is 0.776. The molecule has 2 aromatic carbocycles. The van der Waals surface area contributed by atoms with Gasteiger partial charge in [0.05, 0.1) is 33.5 Å². The molecular weight excluding hydrogens is 458 g/mol. The van der Waals surface area contributed by atoms with Crippen LogP contribution in [0.25, 0.3) is 38.8 Å². The van der Waals surface area contributed by atoms with Crippen LogP contribution >= 0.6 is 0 Å². The molecule has 7 nitrogen and oxygen atoms in total. The third-order valence-corrected chi connectivity index (χ3v) is 6.34. The molecule has 0 atom stereocenters. The van der Waals surface area contributed by atoms with Gasteiger partial charge in [0.2, 0.25) is 0 Å². The molecule has 178 valence electrons. The summed E-state index contributed by atoms with van der Waals surface area (Å²) < 4.78 is 1.85. The summed E-state index contributed by atoms with van der Waals surface area (Å²) in [7, 11) is 0. The first-order valence-corrected chi connectivity index (χ1v) is 12.1. The molecule has 0 spiro atoms. The van der Waals surface area contributed by atoms with Crippen molar-refractivity contribution >= 4 is 33.4 Å². The Kier molecular flexibility index (Phi) is 5.55. The van der Waals surface area contributed by atoms with Crippen LogP contribution in [0, 0.1) is 11.3 Å². The molecule has 0 fully saturated rings. The van der Waals surface area contributed by atoms with Crippen LogP contribution in [0.15, 0.2) is 91.4 Å². The van der Waals surface area contributed by atoms with Gasteiger partial charge in [-0.3, -0.25) is 4.98 Å². The average molecular weight is 482 g/mol. The molecule has 7 heteroatoms. The first kappa shape index (κ1) is 22.4. The van der Waals surface area contributed by atoms with Crippen LogP contribution in [0.4, 0.5) is 11.5 Å². The van der Waals surface area contributed by atoms with Crippen molar-refractivity contribution in [2.75, 3.05) is 5.32 Å². The van der Waals surface area contributed by atoms with Crippen LogP contribution in [0.3, 0.4) is 0 Å². The van der Waals surface area contributed by atoms with E-state index in [1.807, 2.05) is 71.7 Å². The second-order valence-electron chi connectivity index (χ2n) is 9.11. The molecule has 37 heavy (non-hydrogen) atoms. The summed E-state index contributed by atoms with van der Waals surface area (Å²) in [5.41, 5.74) is 6.70. The number of rotatable bonds is 5. The first-order valence-electron chi connectivity index (χ1n) is 12.1. The van der Waals surface area contributed by atoms with Crippen molar-refractivity contribution in [3.05, 3.63) is 103 Å². The lowest BCUT2D eigenvalue weighted by atomic mass is 9.98. The monoisotopic (exact) mass is 481 g/mol. The molecule has 0 aliphatic heterocycles. The number of nitrogens with one attached hydrogen (secondary N) is 1. The fourth-order valence-electron chi connectivity index (χ4n) is 4.55. The quantitative estimate of drug-likeness (QED) is 0.292. The Morgan fingerprint density at radius 2 is 1.76 bits per heavy atom. The average Bonchev–Trinajstić information content (AvgIpc) is 3.34. The van der Waals surface area contributed by atoms with E-state index in [2.05, 4.69) is 47.3 Å². The van der Waals surface area contributed by atoms with Gasteiger partial charge in [0.15, 0.2) is 5.65 Å². The van der Waals surface area contributed by atoms with Crippen molar-refractivity contribution in [3.8, 4) is 22.9 Å². The summed E-state index contributed by atoms with van der Waals surface area (Å²) in [5.74, 6) is 0.832. The molecular formula is C30H23N7. The Morgan fingerprint density at radius 1 is 0.892 bits per heavy atom. The van der Waals surface area contributed by atoms with Crippen molar-refractivity contribution in [2.24, 2.45) is 0 Å². The van der Waals surface area contributed by atoms with E-state index in [4.69, 9.17) is 10.1 Å². The maximum Gasteiger partial charge on any atom is 0.163 e. The molecule has 0 unspecified atom stereocenters. The third kappa shape index (κ3) is 4.05. The minimum absolute atomic E-state index is 0.171. The predicted octanol–water partition coefficient (Wildman–Crippen LogP) is 6.77. The molecule has 0 amide bonds. The molecule has 0 aliphatic carbocycles. The van der Waals surface area contributed by atoms with E-state index in [0.717, 1.165) is 44.4 Å². The highest BCUT2D eigenvalue weighted by atomic mass is 15.3. The van der Waals surface area contributed by atoms with Crippen LogP contribution < -0.4 is 5.32 Å². The molecule has 0 radical (unpaired) electrons. The molecule has 4 heterocycles. The van der Waals surface area contributed by atoms with Gasteiger partial charge in [-0.05, 0) is 60.0 Å². The third-order valence-electron chi connectivity index (χ3n) is 6.34. The van der Waals surface area contributed by atoms with E-state index in [-0.39, 0.29) is 5.92 Å². The van der Waals surface area contributed by atoms with Crippen LogP contribution in [-0.2, 0) is 0 Å². The number of aromatic nitrogens is 5. The Bertz CT molecular complexity index is 1800. The molecule has 0 saturated heterocycles. The maximum atomic E-state index is 9.69. The zero-order valence-corrected chi connectivity index (χ0v) is 20.4. The van der Waals surface area contributed by atoms with Crippen LogP contribution in [0.5, 0.6) is 0 Å². The fraction of sp³-hybridized carbons (Fsp3) is 0.100. The van der Waals surface area contributed by atoms with E-state index in [1.165, 1.54) is 0 Å². The molecule has 1 N–H and O–H groups in total. The van der Waals surface area contributed by atoms with Gasteiger partial charge in [-0.15, -0.1) is 0 Å². The van der Waals surface area contributed by atoms with Gasteiger partial charge in [0.1, 0.15) is 11.9 Å². The summed E-state index contributed by atoms with van der Waals surface area (Å²) in [5, 5.41) is 20.1. The van der Waals surface area contributed by atoms with E-state index in [1.54, 1.807) is 12.3 Å². The minimum Gasteiger partial charge on any atom is -0.339 e. The predicted molar refractivity (Wildman–Crippen MR) is 146 cm³/mol. The maximum absolute atomic E-state index is 9.69. The SMILES string of the molecule is CC(C)c1nn(-c2ccc(C#N)c(Nc3ccccn3)c2)c2nccc(-c3cnc4ccccc4c3)c12. The van der Waals surface area contributed by atoms with Crippen molar-refractivity contribution in [1.29, 1.82) is 5.26 Å². The highest BCUT2D eigenvalue weighted by Crippen LogP contribution is 2.35. The summed E-state index contributed by atoms with van der Waals surface area (Å²) >= 11 is 0. The Morgan fingerprint density at radius 3 is 2.57 bits per heavy atom. The van der Waals surface area contributed by atoms with Gasteiger partial charge < -0.3 is 5.32 Å². The standard InChI is InChI=1S/C30H23N7/c1-19(2)29-28-24(22-15-20-7-3-4-8-25(20)34-18-22)12-14-33-30(28)37(36-29)23-11-10-21(17-31)26(16-23)35-27-9-5-6-13-32-27/h3-16,18-19H,1-2H3,(H,32,35). The molecule has 4 aromatic heterocycles. The summed E-state index contributed by atoms with van der Waals surface area (Å²) in [6.45, 7) is 4.27. The number of hydrogen-bond donors (Lipinski definition) is 1. The zero-order chi connectivity index (χ0) is 25.4. The van der Waals surface area contributed by atoms with E-state index in [9.17, 15) is 5.26 Å². The minimum atomic E-state index is 0.171. The Balaban J connectivity index is 1.53. The van der Waals surface area contributed by atoms with Crippen molar-refractivity contribution in [1.82, 2.24) is 24.7 Å². The largest absolute Gasteiger partial charge is 0.339 e. The fourth-order valence-corrected chi connectivity index (χ4v) is 4.55. The number of benzene rings is 2. The molecule has 0 bridgehead atoms. The van der Waals surface area contributed by atoms with Gasteiger partial charge >= 0.3 is 0 Å². The number of para-hydroxylation sites is 1. The van der Waals surface area contributed by atoms with Gasteiger partial charge in [-0.2, -0.15) is 10.4 Å². The Labute approximate surface area is 214 Å². The van der Waals surface area contributed by atoms with Crippen LogP contribution in [-0.4, -0.2) is 24.7 Å². The van der Waals surface area contributed by atoms with Gasteiger partial charge in [0, 0.05) is 29.5 Å². The van der Waals surface area contributed by atoms with E-state index in [0.29, 0.717) is 17.1 Å². The topological polar surface area (TPSA) is 92.3 Å². The second kappa shape index (κ2) is 9.17. The number of pyridine rings is 3. The normalized spacial score (nSPS) is 11.2. The Hall–Kier alpha value is -5.09. The smallest absolute Gasteiger partial charge is 0.163 e. The summed E-state index contributed by atoms with van der Waals surface area (Å²) in [4.78, 5) is 13.8. The van der Waals surface area contributed by atoms with E-state index >= 15 is 0 Å². The number of nitriles is 1. The first-order chi connectivity index (χ1) is 18.1. The second-order valence-corrected chi connectivity index (χ2v) is 9.11. The van der Waals surface area contributed by atoms with Crippen LogP contribution in [0.1, 0.15) is 31.0 Å². The van der Waals surface area contributed by atoms with Gasteiger partial charge in [-0.25, -0.2) is 14.6 Å². The van der Waals surface area contributed by atoms with E-state index < -0.39 is 0 Å². The van der Waals surface area contributed by atoms with Crippen molar-refractivity contribution in [3.63, 3.8) is 0 Å². The van der Waals surface area contributed by atoms with Crippen molar-refractivity contribution < 1.29 is 0 Å². The lowest BCUT2D eigenvalue weighted by Crippen LogP contribution is -2.02. The molecule has 0 saturated carbocycles. The van der Waals surface area contributed by atoms with Gasteiger partial charge in [0.25, 0.3) is 0 Å². The van der Waals surface area contributed by atoms with Crippen LogP contribution in [0.2, 0.25) is 0 Å². The highest BCUT2D eigenvalue weighted by Gasteiger charge is 2.20. The summed E-state index contributed by atoms with van der Waals surface area (Å²) in [6.07, 6.45) is 5.43. The molecule has 0 aliphatic rings. The highest BCUT2D eigenvalue weighted by molar-refractivity contribution is 5.97. The lowest BCUT2D eigenvalue weighted by Gasteiger charge is -2.10. The number of nitrogens with zero attached hydrogens (tertiary/aromatic N) is 6.